The molecule has 3 nitrogen and oxygen atoms in total. The molecule has 0 aromatic carbocycles. The van der Waals surface area contributed by atoms with Crippen LogP contribution < -0.4 is 0 Å². The number of hydrogen-bond acceptors (Lipinski definition) is 2. The summed E-state index contributed by atoms with van der Waals surface area (Å²) < 4.78 is 0. The van der Waals surface area contributed by atoms with Crippen molar-refractivity contribution in [3.63, 3.8) is 0 Å². The summed E-state index contributed by atoms with van der Waals surface area (Å²) in [5, 5.41) is 0. The van der Waals surface area contributed by atoms with E-state index in [1.54, 1.807) is 4.90 Å². The predicted molar refractivity (Wildman–Crippen MR) is 41.0 cm³/mol. The Balaban J connectivity index is 2.59. The fourth-order valence-corrected chi connectivity index (χ4v) is 1.12. The van der Waals surface area contributed by atoms with Gasteiger partial charge in [-0.25, -0.2) is 0 Å². The average Bonchev–Trinajstić information content (AvgIpc) is 2.05. The van der Waals surface area contributed by atoms with Crippen LogP contribution in [0.25, 0.3) is 0 Å². The molecule has 3 heteroatoms. The summed E-state index contributed by atoms with van der Waals surface area (Å²) in [7, 11) is 0. The lowest BCUT2D eigenvalue weighted by molar-refractivity contribution is -0.128. The van der Waals surface area contributed by atoms with Gasteiger partial charge in [-0.05, 0) is 6.42 Å². The van der Waals surface area contributed by atoms with Crippen molar-refractivity contribution in [1.29, 1.82) is 0 Å². The van der Waals surface area contributed by atoms with Gasteiger partial charge in [-0.15, -0.1) is 0 Å². The minimum absolute atomic E-state index is 0.0393. The van der Waals surface area contributed by atoms with Gasteiger partial charge in [0.2, 0.25) is 5.91 Å². The molecule has 0 fully saturated rings. The van der Waals surface area contributed by atoms with Gasteiger partial charge in [0.25, 0.3) is 0 Å². The second-order valence-corrected chi connectivity index (χ2v) is 2.63. The molecule has 0 N–H and O–H groups in total. The zero-order chi connectivity index (χ0) is 8.27. The molecule has 1 aliphatic heterocycles. The summed E-state index contributed by atoms with van der Waals surface area (Å²) in [5.41, 5.74) is 0.714. The van der Waals surface area contributed by atoms with Crippen LogP contribution in [0.2, 0.25) is 0 Å². The van der Waals surface area contributed by atoms with Gasteiger partial charge in [-0.2, -0.15) is 0 Å². The first kappa shape index (κ1) is 7.98. The van der Waals surface area contributed by atoms with Gasteiger partial charge in [0.05, 0.1) is 0 Å². The lowest BCUT2D eigenvalue weighted by Gasteiger charge is -2.23. The van der Waals surface area contributed by atoms with Gasteiger partial charge in [-0.3, -0.25) is 9.59 Å². The summed E-state index contributed by atoms with van der Waals surface area (Å²) in [4.78, 5) is 22.8. The molecule has 0 saturated heterocycles. The van der Waals surface area contributed by atoms with Gasteiger partial charge in [0.1, 0.15) is 6.29 Å². The van der Waals surface area contributed by atoms with Gasteiger partial charge < -0.3 is 4.90 Å². The Morgan fingerprint density at radius 2 is 2.45 bits per heavy atom. The molecule has 0 aliphatic carbocycles. The van der Waals surface area contributed by atoms with Crippen LogP contribution in [0.3, 0.4) is 0 Å². The first-order valence-electron chi connectivity index (χ1n) is 3.64. The Kier molecular flexibility index (Phi) is 2.41. The average molecular weight is 153 g/mol. The minimum atomic E-state index is 0.0393. The van der Waals surface area contributed by atoms with Gasteiger partial charge >= 0.3 is 0 Å². The van der Waals surface area contributed by atoms with Crippen molar-refractivity contribution in [2.24, 2.45) is 0 Å². The quantitative estimate of drug-likeness (QED) is 0.510. The number of carbonyl (C=O) groups is 2. The van der Waals surface area contributed by atoms with Crippen molar-refractivity contribution in [3.05, 3.63) is 11.6 Å². The molecule has 0 aromatic rings. The topological polar surface area (TPSA) is 37.4 Å². The van der Waals surface area contributed by atoms with Crippen molar-refractivity contribution in [2.75, 3.05) is 13.1 Å². The number of rotatable bonds is 1. The number of carbonyl (C=O) groups excluding carboxylic acids is 2. The van der Waals surface area contributed by atoms with E-state index in [4.69, 9.17) is 0 Å². The highest BCUT2D eigenvalue weighted by Crippen LogP contribution is 2.06. The van der Waals surface area contributed by atoms with E-state index in [9.17, 15) is 9.59 Å². The molecular weight excluding hydrogens is 142 g/mol. The maximum atomic E-state index is 10.8. The van der Waals surface area contributed by atoms with E-state index >= 15 is 0 Å². The van der Waals surface area contributed by atoms with E-state index in [2.05, 4.69) is 0 Å². The number of aldehydes is 1. The van der Waals surface area contributed by atoms with Crippen molar-refractivity contribution < 1.29 is 9.59 Å². The molecule has 0 atom stereocenters. The number of nitrogens with zero attached hydrogens (tertiary/aromatic N) is 1. The largest absolute Gasteiger partial charge is 0.338 e. The molecule has 0 saturated carbocycles. The zero-order valence-electron chi connectivity index (χ0n) is 6.54. The van der Waals surface area contributed by atoms with Crippen LogP contribution in [-0.2, 0) is 9.59 Å². The van der Waals surface area contributed by atoms with Crippen LogP contribution in [0.4, 0.5) is 0 Å². The van der Waals surface area contributed by atoms with Crippen LogP contribution in [0.15, 0.2) is 11.6 Å². The highest BCUT2D eigenvalue weighted by atomic mass is 16.2. The Hall–Kier alpha value is -1.12. The third kappa shape index (κ3) is 1.90. The second kappa shape index (κ2) is 3.32. The number of hydrogen-bond donors (Lipinski definition) is 0. The van der Waals surface area contributed by atoms with Crippen molar-refractivity contribution in [1.82, 2.24) is 4.90 Å². The predicted octanol–water partition coefficient (Wildman–Crippen LogP) is 0.364. The normalized spacial score (nSPS) is 17.5. The summed E-state index contributed by atoms with van der Waals surface area (Å²) in [6.07, 6.45) is 3.50. The van der Waals surface area contributed by atoms with E-state index in [-0.39, 0.29) is 5.91 Å². The Morgan fingerprint density at radius 1 is 1.73 bits per heavy atom. The highest BCUT2D eigenvalue weighted by Gasteiger charge is 2.13. The van der Waals surface area contributed by atoms with Crippen molar-refractivity contribution in [2.45, 2.75) is 13.3 Å². The zero-order valence-corrected chi connectivity index (χ0v) is 6.54. The molecule has 0 aromatic heterocycles. The lowest BCUT2D eigenvalue weighted by atomic mass is 10.1. The van der Waals surface area contributed by atoms with Crippen LogP contribution in [0, 0.1) is 0 Å². The molecule has 0 unspecified atom stereocenters. The molecule has 1 amide bonds. The fourth-order valence-electron chi connectivity index (χ4n) is 1.12. The Morgan fingerprint density at radius 3 is 3.00 bits per heavy atom. The lowest BCUT2D eigenvalue weighted by Crippen LogP contribution is -2.34. The molecule has 1 rings (SSSR count). The molecule has 0 spiro atoms. The highest BCUT2D eigenvalue weighted by molar-refractivity contribution is 5.79. The Bertz CT molecular complexity index is 208. The van der Waals surface area contributed by atoms with E-state index in [0.29, 0.717) is 12.1 Å². The van der Waals surface area contributed by atoms with E-state index in [1.807, 2.05) is 6.08 Å². The van der Waals surface area contributed by atoms with Crippen LogP contribution in [0.5, 0.6) is 0 Å². The third-order valence-corrected chi connectivity index (χ3v) is 1.78. The fraction of sp³-hybridized carbons (Fsp3) is 0.500. The molecule has 60 valence electrons. The van der Waals surface area contributed by atoms with Crippen LogP contribution in [0.1, 0.15) is 13.3 Å². The van der Waals surface area contributed by atoms with Gasteiger partial charge in [-0.1, -0.05) is 6.08 Å². The molecule has 0 radical (unpaired) electrons. The van der Waals surface area contributed by atoms with E-state index < -0.39 is 0 Å². The van der Waals surface area contributed by atoms with Gasteiger partial charge in [0, 0.05) is 25.6 Å². The first-order valence-corrected chi connectivity index (χ1v) is 3.64. The second-order valence-electron chi connectivity index (χ2n) is 2.63. The molecular formula is C8H11NO2. The van der Waals surface area contributed by atoms with Crippen molar-refractivity contribution >= 4 is 12.2 Å². The van der Waals surface area contributed by atoms with E-state index in [1.165, 1.54) is 6.92 Å². The van der Waals surface area contributed by atoms with Gasteiger partial charge in [0.15, 0.2) is 0 Å². The van der Waals surface area contributed by atoms with Crippen LogP contribution >= 0.6 is 0 Å². The maximum Gasteiger partial charge on any atom is 0.219 e. The maximum absolute atomic E-state index is 10.8. The Labute approximate surface area is 65.7 Å². The minimum Gasteiger partial charge on any atom is -0.338 e. The molecule has 11 heavy (non-hydrogen) atoms. The summed E-state index contributed by atoms with van der Waals surface area (Å²) in [5.74, 6) is 0.0393. The van der Waals surface area contributed by atoms with Crippen LogP contribution in [-0.4, -0.2) is 30.2 Å². The molecule has 0 bridgehead atoms. The summed E-state index contributed by atoms with van der Waals surface area (Å²) in [6, 6.07) is 0. The SMILES string of the molecule is CC(=O)N1CCC=C(C=O)C1. The summed E-state index contributed by atoms with van der Waals surface area (Å²) in [6.45, 7) is 2.75. The monoisotopic (exact) mass is 153 g/mol. The first-order chi connectivity index (χ1) is 5.24. The molecule has 1 aliphatic rings. The molecule has 1 heterocycles. The smallest absolute Gasteiger partial charge is 0.219 e. The summed E-state index contributed by atoms with van der Waals surface area (Å²) >= 11 is 0. The van der Waals surface area contributed by atoms with Crippen molar-refractivity contribution in [3.8, 4) is 0 Å². The van der Waals surface area contributed by atoms with E-state index in [0.717, 1.165) is 19.3 Å². The third-order valence-electron chi connectivity index (χ3n) is 1.78. The number of amides is 1. The standard InChI is InChI=1S/C8H11NO2/c1-7(11)9-4-2-3-8(5-9)6-10/h3,6H,2,4-5H2,1H3.